The van der Waals surface area contributed by atoms with Crippen molar-refractivity contribution in [1.29, 1.82) is 0 Å². The van der Waals surface area contributed by atoms with E-state index in [1.54, 1.807) is 0 Å². The molecule has 10 nitrogen and oxygen atoms in total. The van der Waals surface area contributed by atoms with Gasteiger partial charge in [-0.3, -0.25) is 18.6 Å². The number of likely N-dealkylation sites (N-methyl/N-ethyl adjacent to an activating group) is 1. The summed E-state index contributed by atoms with van der Waals surface area (Å²) in [6.45, 7) is 4.30. The highest BCUT2D eigenvalue weighted by Crippen LogP contribution is 2.43. The molecule has 0 spiro atoms. The summed E-state index contributed by atoms with van der Waals surface area (Å²) in [4.78, 5) is 35.5. The molecule has 1 rings (SSSR count). The van der Waals surface area contributed by atoms with Crippen LogP contribution in [-0.4, -0.2) is 87.1 Å². The van der Waals surface area contributed by atoms with E-state index in [4.69, 9.17) is 23.3 Å². The lowest BCUT2D eigenvalue weighted by Gasteiger charge is -2.24. The molecule has 11 heteroatoms. The predicted molar refractivity (Wildman–Crippen MR) is 242 cm³/mol. The fourth-order valence-electron chi connectivity index (χ4n) is 6.45. The van der Waals surface area contributed by atoms with Gasteiger partial charge in [0.25, 0.3) is 0 Å². The minimum atomic E-state index is -4.40. The van der Waals surface area contributed by atoms with Crippen LogP contribution in [0.2, 0.25) is 0 Å². The minimum absolute atomic E-state index is 0.0175. The Labute approximate surface area is 360 Å². The van der Waals surface area contributed by atoms with E-state index in [2.05, 4.69) is 62.5 Å². The summed E-state index contributed by atoms with van der Waals surface area (Å²) in [5.41, 5.74) is 0. The van der Waals surface area contributed by atoms with Crippen LogP contribution < -0.4 is 0 Å². The third-order valence-corrected chi connectivity index (χ3v) is 11.2. The Morgan fingerprint density at radius 3 is 1.76 bits per heavy atom. The van der Waals surface area contributed by atoms with Crippen molar-refractivity contribution in [2.75, 3.05) is 47.5 Å². The average Bonchev–Trinajstić information content (AvgIpc) is 3.94. The van der Waals surface area contributed by atoms with Crippen molar-refractivity contribution >= 4 is 19.8 Å². The first-order valence-corrected chi connectivity index (χ1v) is 25.0. The fraction of sp³-hybridized carbons (Fsp3) is 0.792. The van der Waals surface area contributed by atoms with E-state index in [-0.39, 0.29) is 38.3 Å². The summed E-state index contributed by atoms with van der Waals surface area (Å²) in [7, 11) is 1.43. The molecule has 1 aliphatic rings. The number of allylic oxidation sites excluding steroid dienone is 7. The van der Waals surface area contributed by atoms with Crippen LogP contribution in [-0.2, 0) is 37.4 Å². The first-order chi connectivity index (χ1) is 28.5. The number of carbonyl (C=O) groups is 2. The third kappa shape index (κ3) is 37.4. The SMILES string of the molecule is CCCCC/C=C\C/C=C\C/C=C\CC1OC1CCCC(=O)OC[C@H](COP(=O)(O)OCC[N+](C)(C)C)OC(=O)CCCCCCCCC/C=C\CCCCCCCC. The van der Waals surface area contributed by atoms with Gasteiger partial charge in [-0.05, 0) is 77.0 Å². The van der Waals surface area contributed by atoms with Crippen LogP contribution in [0.25, 0.3) is 0 Å². The number of unbranched alkanes of at least 4 members (excludes halogenated alkanes) is 16. The zero-order valence-corrected chi connectivity index (χ0v) is 39.1. The number of quaternary nitrogens is 1. The van der Waals surface area contributed by atoms with Crippen molar-refractivity contribution in [3.8, 4) is 0 Å². The topological polar surface area (TPSA) is 121 Å². The molecule has 0 aromatic carbocycles. The van der Waals surface area contributed by atoms with E-state index in [9.17, 15) is 19.0 Å². The molecular weight excluding hydrogens is 765 g/mol. The van der Waals surface area contributed by atoms with Gasteiger partial charge in [-0.15, -0.1) is 0 Å². The van der Waals surface area contributed by atoms with E-state index < -0.39 is 32.5 Å². The molecule has 1 N–H and O–H groups in total. The quantitative estimate of drug-likeness (QED) is 0.0160. The van der Waals surface area contributed by atoms with Gasteiger partial charge in [0, 0.05) is 12.8 Å². The first kappa shape index (κ1) is 54.9. The van der Waals surface area contributed by atoms with Crippen LogP contribution in [0.4, 0.5) is 0 Å². The second-order valence-corrected chi connectivity index (χ2v) is 18.6. The van der Waals surface area contributed by atoms with Gasteiger partial charge >= 0.3 is 19.8 Å². The Kier molecular flexibility index (Phi) is 34.1. The Bertz CT molecular complexity index is 1210. The number of epoxide rings is 1. The van der Waals surface area contributed by atoms with Gasteiger partial charge in [-0.1, -0.05) is 140 Å². The Morgan fingerprint density at radius 2 is 1.14 bits per heavy atom. The molecule has 342 valence electrons. The van der Waals surface area contributed by atoms with Gasteiger partial charge in [0.1, 0.15) is 19.8 Å². The molecule has 0 radical (unpaired) electrons. The van der Waals surface area contributed by atoms with Gasteiger partial charge in [-0.25, -0.2) is 4.57 Å². The van der Waals surface area contributed by atoms with Gasteiger partial charge in [0.2, 0.25) is 0 Å². The average molecular weight is 853 g/mol. The molecule has 0 aromatic heterocycles. The van der Waals surface area contributed by atoms with E-state index in [1.165, 1.54) is 89.9 Å². The number of ether oxygens (including phenoxy) is 3. The van der Waals surface area contributed by atoms with Crippen LogP contribution in [0.15, 0.2) is 48.6 Å². The number of rotatable bonds is 41. The number of nitrogens with zero attached hydrogens (tertiary/aromatic N) is 1. The summed E-state index contributed by atoms with van der Waals surface area (Å²) < 4.78 is 40.1. The van der Waals surface area contributed by atoms with Crippen LogP contribution in [0, 0.1) is 0 Å². The predicted octanol–water partition coefficient (Wildman–Crippen LogP) is 12.5. The molecule has 0 amide bonds. The molecule has 59 heavy (non-hydrogen) atoms. The molecule has 1 saturated heterocycles. The molecule has 0 aromatic rings. The monoisotopic (exact) mass is 853 g/mol. The second-order valence-electron chi connectivity index (χ2n) is 17.2. The maximum atomic E-state index is 12.7. The smallest absolute Gasteiger partial charge is 0.462 e. The molecule has 4 atom stereocenters. The number of phosphoric acid groups is 1. The van der Waals surface area contributed by atoms with Crippen molar-refractivity contribution in [2.24, 2.45) is 0 Å². The Morgan fingerprint density at radius 1 is 0.627 bits per heavy atom. The van der Waals surface area contributed by atoms with Crippen molar-refractivity contribution in [3.63, 3.8) is 0 Å². The van der Waals surface area contributed by atoms with Gasteiger partial charge in [0.15, 0.2) is 6.10 Å². The van der Waals surface area contributed by atoms with Crippen molar-refractivity contribution in [2.45, 2.75) is 199 Å². The van der Waals surface area contributed by atoms with Gasteiger partial charge < -0.3 is 23.6 Å². The normalized spacial score (nSPS) is 17.4. The zero-order chi connectivity index (χ0) is 43.3. The zero-order valence-electron chi connectivity index (χ0n) is 38.2. The number of phosphoric ester groups is 1. The Balaban J connectivity index is 2.32. The van der Waals surface area contributed by atoms with Crippen LogP contribution in [0.3, 0.4) is 0 Å². The first-order valence-electron chi connectivity index (χ1n) is 23.5. The molecule has 1 fully saturated rings. The summed E-state index contributed by atoms with van der Waals surface area (Å²) in [5, 5.41) is 0. The summed E-state index contributed by atoms with van der Waals surface area (Å²) in [6, 6.07) is 0. The lowest BCUT2D eigenvalue weighted by molar-refractivity contribution is -0.870. The summed E-state index contributed by atoms with van der Waals surface area (Å²) in [5.74, 6) is -0.880. The largest absolute Gasteiger partial charge is 0.472 e. The fourth-order valence-corrected chi connectivity index (χ4v) is 7.19. The highest BCUT2D eigenvalue weighted by Gasteiger charge is 2.36. The van der Waals surface area contributed by atoms with Crippen LogP contribution in [0.1, 0.15) is 181 Å². The molecule has 3 unspecified atom stereocenters. The third-order valence-electron chi connectivity index (χ3n) is 10.3. The van der Waals surface area contributed by atoms with Gasteiger partial charge in [-0.2, -0.15) is 0 Å². The van der Waals surface area contributed by atoms with E-state index >= 15 is 0 Å². The van der Waals surface area contributed by atoms with Crippen molar-refractivity contribution < 1.29 is 46.8 Å². The lowest BCUT2D eigenvalue weighted by Crippen LogP contribution is -2.37. The van der Waals surface area contributed by atoms with E-state index in [0.29, 0.717) is 23.9 Å². The molecule has 0 saturated carbocycles. The lowest BCUT2D eigenvalue weighted by atomic mass is 10.1. The molecule has 1 aliphatic heterocycles. The van der Waals surface area contributed by atoms with E-state index in [0.717, 1.165) is 51.4 Å². The molecular formula is C48H87NO9P+. The van der Waals surface area contributed by atoms with Gasteiger partial charge in [0.05, 0.1) is 40.0 Å². The molecule has 0 aliphatic carbocycles. The van der Waals surface area contributed by atoms with Crippen LogP contribution >= 0.6 is 7.82 Å². The standard InChI is InChI=1S/C48H86NO9P/c1-6-8-10-12-14-16-18-20-21-22-23-24-26-28-30-32-34-38-48(51)57-44(43-56-59(52,53)55-41-40-49(3,4)5)42-54-47(50)39-35-37-46-45(58-46)36-33-31-29-27-25-19-17-15-13-11-9-7-2/h15,17,20-21,25,27,31,33,44-46H,6-14,16,18-19,22-24,26,28-30,32,34-43H2,1-5H3/p+1/b17-15-,21-20-,27-25-,33-31-/t44-,45?,46?/m1/s1. The maximum absolute atomic E-state index is 12.7. The highest BCUT2D eigenvalue weighted by molar-refractivity contribution is 7.47. The second kappa shape index (κ2) is 36.6. The van der Waals surface area contributed by atoms with Crippen molar-refractivity contribution in [1.82, 2.24) is 0 Å². The Hall–Kier alpha value is -2.07. The number of esters is 2. The number of hydrogen-bond donors (Lipinski definition) is 1. The summed E-state index contributed by atoms with van der Waals surface area (Å²) in [6.07, 6.45) is 44.6. The number of carbonyl (C=O) groups excluding carboxylic acids is 2. The molecule has 1 heterocycles. The molecule has 0 bridgehead atoms. The number of hydrogen-bond acceptors (Lipinski definition) is 8. The summed E-state index contributed by atoms with van der Waals surface area (Å²) >= 11 is 0. The highest BCUT2D eigenvalue weighted by atomic mass is 31.2. The van der Waals surface area contributed by atoms with Crippen molar-refractivity contribution in [3.05, 3.63) is 48.6 Å². The maximum Gasteiger partial charge on any atom is 0.472 e. The van der Waals surface area contributed by atoms with E-state index in [1.807, 2.05) is 21.1 Å². The minimum Gasteiger partial charge on any atom is -0.462 e. The van der Waals surface area contributed by atoms with Crippen LogP contribution in [0.5, 0.6) is 0 Å².